The number of hydrogen-bond donors (Lipinski definition) is 0. The van der Waals surface area contributed by atoms with Crippen molar-refractivity contribution in [1.29, 1.82) is 5.26 Å². The number of hydrogen-bond acceptors (Lipinski definition) is 5. The second kappa shape index (κ2) is 6.78. The minimum atomic E-state index is -0.417. The Kier molecular flexibility index (Phi) is 4.30. The monoisotopic (exact) mass is 377 g/mol. The maximum Gasteiger partial charge on any atom is 0.353 e. The van der Waals surface area contributed by atoms with Crippen LogP contribution in [0, 0.1) is 11.3 Å². The number of thiazole rings is 1. The van der Waals surface area contributed by atoms with Gasteiger partial charge in [0.25, 0.3) is 0 Å². The molecule has 7 nitrogen and oxygen atoms in total. The highest BCUT2D eigenvalue weighted by Crippen LogP contribution is 2.29. The van der Waals surface area contributed by atoms with Gasteiger partial charge in [-0.2, -0.15) is 15.2 Å². The summed E-state index contributed by atoms with van der Waals surface area (Å²) in [5.74, 6) is 0.930. The first-order valence-corrected chi connectivity index (χ1v) is 9.85. The molecule has 0 saturated heterocycles. The molecule has 0 spiro atoms. The molecule has 0 radical (unpaired) electrons. The number of aromatic nitrogens is 5. The summed E-state index contributed by atoms with van der Waals surface area (Å²) < 4.78 is 4.18. The fourth-order valence-electron chi connectivity index (χ4n) is 3.11. The van der Waals surface area contributed by atoms with E-state index in [4.69, 9.17) is 10.2 Å². The van der Waals surface area contributed by atoms with E-state index in [9.17, 15) is 4.79 Å². The van der Waals surface area contributed by atoms with Gasteiger partial charge in [-0.15, -0.1) is 0 Å². The average molecular weight is 377 g/mol. The van der Waals surface area contributed by atoms with Gasteiger partial charge in [0.05, 0.1) is 34.2 Å². The summed E-state index contributed by atoms with van der Waals surface area (Å²) in [5, 5.41) is 11.7. The van der Waals surface area contributed by atoms with Crippen molar-refractivity contribution in [3.05, 3.63) is 58.6 Å². The van der Waals surface area contributed by atoms with Crippen LogP contribution < -0.4 is 0 Å². The molecule has 1 atom stereocenters. The Hall–Kier alpha value is -3.31. The van der Waals surface area contributed by atoms with Crippen molar-refractivity contribution in [3.63, 3.8) is 0 Å². The molecule has 27 heavy (non-hydrogen) atoms. The van der Waals surface area contributed by atoms with E-state index in [0.29, 0.717) is 17.8 Å². The molecule has 1 unspecified atom stereocenters. The molecule has 0 saturated carbocycles. The number of Topliss-reactive ketones (excluding diaryl/α,β-unsaturated/α-hetero) is 1. The van der Waals surface area contributed by atoms with Gasteiger partial charge in [0.15, 0.2) is 16.9 Å². The van der Waals surface area contributed by atoms with Gasteiger partial charge in [-0.25, -0.2) is 4.98 Å². The molecule has 0 aliphatic carbocycles. The summed E-state index contributed by atoms with van der Waals surface area (Å²) >= 11 is 0. The van der Waals surface area contributed by atoms with Crippen molar-refractivity contribution in [3.8, 4) is 11.2 Å². The Morgan fingerprint density at radius 3 is 2.89 bits per heavy atom. The van der Waals surface area contributed by atoms with Crippen molar-refractivity contribution < 1.29 is 4.79 Å². The number of nitrogens with zero attached hydrogens (tertiary/aromatic N) is 6. The Balaban J connectivity index is 1.75. The van der Waals surface area contributed by atoms with Crippen LogP contribution in [0.25, 0.3) is 16.2 Å². The lowest BCUT2D eigenvalue weighted by molar-refractivity contribution is 0.101. The number of fused-ring (bicyclic) bond motifs is 1. The molecule has 0 aliphatic heterocycles. The van der Waals surface area contributed by atoms with Crippen LogP contribution in [0.5, 0.6) is 0 Å². The van der Waals surface area contributed by atoms with E-state index in [0.717, 1.165) is 28.6 Å². The number of rotatable bonds is 5. The number of ketones is 1. The van der Waals surface area contributed by atoms with E-state index >= 15 is 0 Å². The highest BCUT2D eigenvalue weighted by molar-refractivity contribution is 7.36. The van der Waals surface area contributed by atoms with E-state index in [1.807, 2.05) is 34.3 Å². The van der Waals surface area contributed by atoms with Gasteiger partial charge in [-0.3, -0.25) is 9.36 Å². The van der Waals surface area contributed by atoms with Gasteiger partial charge < -0.3 is 4.57 Å². The first-order chi connectivity index (χ1) is 13.1. The van der Waals surface area contributed by atoms with Gasteiger partial charge in [-0.1, -0.05) is 0 Å². The quantitative estimate of drug-likeness (QED) is 0.392. The summed E-state index contributed by atoms with van der Waals surface area (Å²) in [6.45, 7) is 4.97. The van der Waals surface area contributed by atoms with Gasteiger partial charge in [-0.05, 0) is 32.0 Å². The van der Waals surface area contributed by atoms with E-state index in [1.165, 1.54) is 0 Å². The van der Waals surface area contributed by atoms with Gasteiger partial charge >= 0.3 is 5.16 Å². The summed E-state index contributed by atoms with van der Waals surface area (Å²) in [4.78, 5) is 25.0. The minimum Gasteiger partial charge on any atom is -0.327 e. The fraction of sp³-hybridized carbons (Fsp3) is 0.211. The lowest BCUT2D eigenvalue weighted by Crippen LogP contribution is -2.07. The Bertz CT molecular complexity index is 1190. The Morgan fingerprint density at radius 2 is 2.19 bits per heavy atom. The predicted octanol–water partition coefficient (Wildman–Crippen LogP) is 3.51. The lowest BCUT2D eigenvalue weighted by atomic mass is 10.1. The van der Waals surface area contributed by atoms with Crippen molar-refractivity contribution >= 4 is 27.3 Å². The highest BCUT2D eigenvalue weighted by Gasteiger charge is 2.21. The largest absolute Gasteiger partial charge is 0.353 e. The molecule has 4 aromatic rings. The van der Waals surface area contributed by atoms with E-state index in [-0.39, 0.29) is 5.78 Å². The molecule has 134 valence electrons. The standard InChI is InChI=1S/C19H17N6OS/c1-3-25-17-5-4-14(13(2)26)8-16(17)23-18(25)10-24-7-6-21-19(24)27-11-15(9-20)22-12-27/h4-8,11-12H,3,10H2,1-2H3/q+1. The zero-order valence-electron chi connectivity index (χ0n) is 15.0. The Morgan fingerprint density at radius 1 is 1.33 bits per heavy atom. The first kappa shape index (κ1) is 17.1. The normalized spacial score (nSPS) is 11.7. The number of aryl methyl sites for hydroxylation is 1. The number of benzene rings is 1. The lowest BCUT2D eigenvalue weighted by Gasteiger charge is -2.06. The molecule has 0 aliphatic rings. The topological polar surface area (TPSA) is 89.4 Å². The van der Waals surface area contributed by atoms with E-state index < -0.39 is 10.5 Å². The molecule has 4 rings (SSSR count). The van der Waals surface area contributed by atoms with Crippen molar-refractivity contribution in [2.75, 3.05) is 0 Å². The minimum absolute atomic E-state index is 0.0307. The molecule has 1 aromatic carbocycles. The molecule has 0 N–H and O–H groups in total. The molecular weight excluding hydrogens is 360 g/mol. The Labute approximate surface area is 158 Å². The second-order valence-corrected chi connectivity index (χ2v) is 7.65. The number of nitriles is 1. The van der Waals surface area contributed by atoms with Gasteiger partial charge in [0, 0.05) is 18.3 Å². The maximum atomic E-state index is 11.7. The van der Waals surface area contributed by atoms with Crippen LogP contribution in [-0.2, 0) is 13.1 Å². The van der Waals surface area contributed by atoms with Gasteiger partial charge in [0.1, 0.15) is 11.9 Å². The van der Waals surface area contributed by atoms with Crippen LogP contribution >= 0.6 is 10.5 Å². The third kappa shape index (κ3) is 3.02. The highest BCUT2D eigenvalue weighted by atomic mass is 32.2. The summed E-state index contributed by atoms with van der Waals surface area (Å²) in [6.07, 6.45) is 3.66. The molecular formula is C19H17N6OS+. The molecule has 0 fully saturated rings. The molecule has 0 bridgehead atoms. The third-order valence-corrected chi connectivity index (χ3v) is 5.98. The van der Waals surface area contributed by atoms with E-state index in [1.54, 1.807) is 18.6 Å². The van der Waals surface area contributed by atoms with Crippen molar-refractivity contribution in [2.24, 2.45) is 0 Å². The SMILES string of the molecule is CCn1c(Cn2ccnc2-[s+]2cnc(C#N)c2)nc2cc(C(C)=O)ccc21. The molecule has 3 aromatic heterocycles. The average Bonchev–Trinajstić information content (AvgIpc) is 3.38. The van der Waals surface area contributed by atoms with Gasteiger partial charge in [0.2, 0.25) is 5.51 Å². The van der Waals surface area contributed by atoms with Crippen LogP contribution in [0.3, 0.4) is 0 Å². The smallest absolute Gasteiger partial charge is 0.327 e. The van der Waals surface area contributed by atoms with Crippen LogP contribution in [0.15, 0.2) is 41.5 Å². The maximum absolute atomic E-state index is 11.7. The summed E-state index contributed by atoms with van der Waals surface area (Å²) in [6, 6.07) is 7.70. The second-order valence-electron chi connectivity index (χ2n) is 6.09. The number of imidazole rings is 2. The van der Waals surface area contributed by atoms with E-state index in [2.05, 4.69) is 27.5 Å². The summed E-state index contributed by atoms with van der Waals surface area (Å²) in [7, 11) is -0.417. The molecule has 0 amide bonds. The first-order valence-electron chi connectivity index (χ1n) is 8.50. The van der Waals surface area contributed by atoms with Crippen LogP contribution in [0.1, 0.15) is 35.7 Å². The predicted molar refractivity (Wildman–Crippen MR) is 103 cm³/mol. The molecule has 8 heteroatoms. The zero-order chi connectivity index (χ0) is 19.0. The van der Waals surface area contributed by atoms with Crippen LogP contribution in [0.2, 0.25) is 0 Å². The zero-order valence-corrected chi connectivity index (χ0v) is 15.8. The summed E-state index contributed by atoms with van der Waals surface area (Å²) in [5.41, 5.74) is 4.68. The molecule has 3 heterocycles. The number of carbonyl (C=O) groups excluding carboxylic acids is 1. The van der Waals surface area contributed by atoms with Crippen molar-refractivity contribution in [2.45, 2.75) is 26.9 Å². The number of carbonyl (C=O) groups is 1. The van der Waals surface area contributed by atoms with Crippen LogP contribution in [-0.4, -0.2) is 29.9 Å². The fourth-order valence-corrected chi connectivity index (χ4v) is 4.53. The third-order valence-electron chi connectivity index (χ3n) is 4.41. The van der Waals surface area contributed by atoms with Crippen LogP contribution in [0.4, 0.5) is 0 Å². The van der Waals surface area contributed by atoms with Crippen molar-refractivity contribution in [1.82, 2.24) is 24.1 Å².